The Morgan fingerprint density at radius 2 is 1.90 bits per heavy atom. The van der Waals surface area contributed by atoms with E-state index in [-0.39, 0.29) is 31.8 Å². The summed E-state index contributed by atoms with van der Waals surface area (Å²) >= 11 is 0.944. The van der Waals surface area contributed by atoms with Crippen LogP contribution in [0.2, 0.25) is 0 Å². The molecule has 0 fully saturated rings. The van der Waals surface area contributed by atoms with Crippen LogP contribution in [0.15, 0.2) is 53.4 Å². The molecule has 3 N–H and O–H groups in total. The van der Waals surface area contributed by atoms with Crippen LogP contribution in [0.25, 0.3) is 0 Å². The number of ether oxygens (including phenoxy) is 1. The highest BCUT2D eigenvalue weighted by atomic mass is 32.2. The molecule has 1 heterocycles. The minimum absolute atomic E-state index is 0.0778. The number of rotatable bonds is 7. The van der Waals surface area contributed by atoms with E-state index in [1.54, 1.807) is 24.3 Å². The largest absolute Gasteiger partial charge is 0.497 e. The summed E-state index contributed by atoms with van der Waals surface area (Å²) in [6.07, 6.45) is 0. The van der Waals surface area contributed by atoms with E-state index < -0.39 is 21.4 Å². The Hall–Kier alpha value is -2.91. The number of halogens is 1. The van der Waals surface area contributed by atoms with Gasteiger partial charge in [-0.05, 0) is 36.4 Å². The number of anilines is 3. The Balaban J connectivity index is 2.11. The van der Waals surface area contributed by atoms with E-state index in [2.05, 4.69) is 5.32 Å². The number of nitrogens with one attached hydrogen (secondary N) is 1. The number of hydrogen-bond donors (Lipinski definition) is 2. The topological polar surface area (TPSA) is 98.5 Å². The first-order valence-electron chi connectivity index (χ1n) is 8.63. The van der Waals surface area contributed by atoms with Gasteiger partial charge >= 0.3 is 0 Å². The van der Waals surface area contributed by atoms with Gasteiger partial charge in [0.25, 0.3) is 0 Å². The molecule has 0 aliphatic carbocycles. The second kappa shape index (κ2) is 8.22. The lowest BCUT2D eigenvalue weighted by molar-refractivity contribution is 0.104. The molecule has 3 rings (SSSR count). The van der Waals surface area contributed by atoms with Crippen molar-refractivity contribution < 1.29 is 22.3 Å². The first kappa shape index (κ1) is 20.8. The quantitative estimate of drug-likeness (QED) is 0.540. The van der Waals surface area contributed by atoms with Gasteiger partial charge in [0.05, 0.1) is 18.6 Å². The van der Waals surface area contributed by atoms with Gasteiger partial charge in [0, 0.05) is 17.3 Å². The summed E-state index contributed by atoms with van der Waals surface area (Å²) in [4.78, 5) is 12.8. The van der Waals surface area contributed by atoms with Crippen LogP contribution in [0.1, 0.15) is 22.2 Å². The second-order valence-electron chi connectivity index (χ2n) is 6.10. The SMILES string of the molecule is CCS(=O)(=O)c1c(Nc2cccc(OC)c2)sc(C(=O)c2ccc(F)cc2)c1N. The van der Waals surface area contributed by atoms with Crippen molar-refractivity contribution in [3.05, 3.63) is 64.8 Å². The van der Waals surface area contributed by atoms with Gasteiger partial charge in [-0.3, -0.25) is 4.79 Å². The van der Waals surface area contributed by atoms with Crippen molar-refractivity contribution in [1.29, 1.82) is 0 Å². The maximum atomic E-state index is 13.2. The Morgan fingerprint density at radius 3 is 2.52 bits per heavy atom. The van der Waals surface area contributed by atoms with E-state index in [1.165, 1.54) is 26.2 Å². The van der Waals surface area contributed by atoms with Gasteiger partial charge in [0.2, 0.25) is 5.78 Å². The van der Waals surface area contributed by atoms with Crippen LogP contribution in [-0.2, 0) is 9.84 Å². The Bertz CT molecular complexity index is 1160. The van der Waals surface area contributed by atoms with Gasteiger partial charge < -0.3 is 15.8 Å². The fraction of sp³-hybridized carbons (Fsp3) is 0.150. The lowest BCUT2D eigenvalue weighted by Gasteiger charge is -2.09. The molecule has 0 spiro atoms. The number of thiophene rings is 1. The van der Waals surface area contributed by atoms with Crippen molar-refractivity contribution in [2.75, 3.05) is 23.9 Å². The zero-order valence-electron chi connectivity index (χ0n) is 15.7. The summed E-state index contributed by atoms with van der Waals surface area (Å²) in [6.45, 7) is 1.50. The predicted octanol–water partition coefficient (Wildman–Crippen LogP) is 4.25. The normalized spacial score (nSPS) is 11.3. The van der Waals surface area contributed by atoms with Gasteiger partial charge in [0.15, 0.2) is 9.84 Å². The summed E-state index contributed by atoms with van der Waals surface area (Å²) in [5.74, 6) is -0.540. The Kier molecular flexibility index (Phi) is 5.90. The van der Waals surface area contributed by atoms with Crippen LogP contribution in [0, 0.1) is 5.82 Å². The highest BCUT2D eigenvalue weighted by Gasteiger charge is 2.29. The van der Waals surface area contributed by atoms with Gasteiger partial charge in [-0.2, -0.15) is 0 Å². The third kappa shape index (κ3) is 4.25. The van der Waals surface area contributed by atoms with Crippen LogP contribution in [0.3, 0.4) is 0 Å². The number of sulfone groups is 1. The molecular weight excluding hydrogens is 415 g/mol. The van der Waals surface area contributed by atoms with Crippen LogP contribution in [0.4, 0.5) is 20.8 Å². The second-order valence-corrected chi connectivity index (χ2v) is 9.34. The monoisotopic (exact) mass is 434 g/mol. The van der Waals surface area contributed by atoms with E-state index in [0.29, 0.717) is 11.4 Å². The number of benzene rings is 2. The minimum Gasteiger partial charge on any atom is -0.497 e. The number of nitrogen functional groups attached to an aromatic ring is 1. The zero-order chi connectivity index (χ0) is 21.2. The lowest BCUT2D eigenvalue weighted by Crippen LogP contribution is -2.09. The molecule has 0 radical (unpaired) electrons. The van der Waals surface area contributed by atoms with Crippen molar-refractivity contribution in [2.45, 2.75) is 11.8 Å². The van der Waals surface area contributed by atoms with Gasteiger partial charge in [-0.15, -0.1) is 11.3 Å². The van der Waals surface area contributed by atoms with Gasteiger partial charge in [-0.25, -0.2) is 12.8 Å². The highest BCUT2D eigenvalue weighted by Crippen LogP contribution is 2.42. The van der Waals surface area contributed by atoms with Crippen molar-refractivity contribution in [2.24, 2.45) is 0 Å². The molecule has 152 valence electrons. The van der Waals surface area contributed by atoms with E-state index >= 15 is 0 Å². The Morgan fingerprint density at radius 1 is 1.21 bits per heavy atom. The fourth-order valence-electron chi connectivity index (χ4n) is 2.70. The molecule has 1 aromatic heterocycles. The smallest absolute Gasteiger partial charge is 0.205 e. The third-order valence-corrected chi connectivity index (χ3v) is 7.29. The molecular formula is C20H19FN2O4S2. The molecule has 0 aliphatic rings. The molecule has 9 heteroatoms. The average Bonchev–Trinajstić information content (AvgIpc) is 3.04. The van der Waals surface area contributed by atoms with Crippen LogP contribution >= 0.6 is 11.3 Å². The third-order valence-electron chi connectivity index (χ3n) is 4.23. The molecule has 0 saturated heterocycles. The lowest BCUT2D eigenvalue weighted by atomic mass is 10.1. The summed E-state index contributed by atoms with van der Waals surface area (Å²) < 4.78 is 43.7. The number of ketones is 1. The first-order valence-corrected chi connectivity index (χ1v) is 11.1. The molecule has 29 heavy (non-hydrogen) atoms. The predicted molar refractivity (Wildman–Crippen MR) is 113 cm³/mol. The summed E-state index contributed by atoms with van der Waals surface area (Å²) in [5, 5.41) is 3.27. The van der Waals surface area contributed by atoms with E-state index in [9.17, 15) is 17.6 Å². The number of methoxy groups -OCH3 is 1. The molecule has 2 aromatic carbocycles. The highest BCUT2D eigenvalue weighted by molar-refractivity contribution is 7.92. The average molecular weight is 435 g/mol. The van der Waals surface area contributed by atoms with E-state index in [1.807, 2.05) is 0 Å². The summed E-state index contributed by atoms with van der Waals surface area (Å²) in [6, 6.07) is 11.9. The molecule has 0 amide bonds. The molecule has 0 atom stereocenters. The fourth-order valence-corrected chi connectivity index (χ4v) is 5.33. The van der Waals surface area contributed by atoms with Gasteiger partial charge in [0.1, 0.15) is 26.3 Å². The molecule has 6 nitrogen and oxygen atoms in total. The number of carbonyl (C=O) groups is 1. The van der Waals surface area contributed by atoms with Crippen molar-refractivity contribution >= 4 is 43.3 Å². The molecule has 3 aromatic rings. The van der Waals surface area contributed by atoms with E-state index in [0.717, 1.165) is 23.5 Å². The zero-order valence-corrected chi connectivity index (χ0v) is 17.4. The maximum absolute atomic E-state index is 13.2. The number of nitrogens with two attached hydrogens (primary N) is 1. The summed E-state index contributed by atoms with van der Waals surface area (Å²) in [5.41, 5.74) is 6.80. The molecule has 0 aliphatic heterocycles. The standard InChI is InChI=1S/C20H19FN2O4S2/c1-3-29(25,26)19-16(22)18(17(24)12-7-9-13(21)10-8-12)28-20(19)23-14-5-4-6-15(11-14)27-2/h4-11,23H,3,22H2,1-2H3. The molecule has 0 unspecified atom stereocenters. The molecule has 0 bridgehead atoms. The number of hydrogen-bond acceptors (Lipinski definition) is 7. The first-order chi connectivity index (χ1) is 13.8. The van der Waals surface area contributed by atoms with Crippen molar-refractivity contribution in [3.8, 4) is 5.75 Å². The van der Waals surface area contributed by atoms with Crippen LogP contribution < -0.4 is 15.8 Å². The van der Waals surface area contributed by atoms with Crippen molar-refractivity contribution in [3.63, 3.8) is 0 Å². The van der Waals surface area contributed by atoms with E-state index in [4.69, 9.17) is 10.5 Å². The van der Waals surface area contributed by atoms with Crippen LogP contribution in [-0.4, -0.2) is 27.1 Å². The van der Waals surface area contributed by atoms with Crippen molar-refractivity contribution in [1.82, 2.24) is 0 Å². The maximum Gasteiger partial charge on any atom is 0.205 e. The Labute approximate surface area is 172 Å². The molecule has 0 saturated carbocycles. The number of carbonyl (C=O) groups excluding carboxylic acids is 1. The summed E-state index contributed by atoms with van der Waals surface area (Å²) in [7, 11) is -2.19. The minimum atomic E-state index is -3.72. The van der Waals surface area contributed by atoms with Crippen LogP contribution in [0.5, 0.6) is 5.75 Å². The van der Waals surface area contributed by atoms with Gasteiger partial charge in [-0.1, -0.05) is 13.0 Å².